The van der Waals surface area contributed by atoms with Gasteiger partial charge >= 0.3 is 6.09 Å². The van der Waals surface area contributed by atoms with Gasteiger partial charge in [-0.25, -0.2) is 4.79 Å². The van der Waals surface area contributed by atoms with E-state index in [1.54, 1.807) is 0 Å². The Morgan fingerprint density at radius 3 is 2.44 bits per heavy atom. The molecule has 0 aromatic carbocycles. The second-order valence-electron chi connectivity index (χ2n) is 4.62. The molecule has 94 valence electrons. The van der Waals surface area contributed by atoms with Gasteiger partial charge in [0, 0.05) is 25.7 Å². The highest BCUT2D eigenvalue weighted by Crippen LogP contribution is 2.10. The van der Waals surface area contributed by atoms with E-state index in [1.807, 2.05) is 4.90 Å². The third kappa shape index (κ3) is 5.35. The number of likely N-dealkylation sites (tertiary alicyclic amines) is 1. The lowest BCUT2D eigenvalue weighted by Gasteiger charge is -2.19. The second kappa shape index (κ2) is 7.49. The van der Waals surface area contributed by atoms with Gasteiger partial charge in [-0.05, 0) is 12.8 Å². The lowest BCUT2D eigenvalue weighted by molar-refractivity contribution is 0.104. The summed E-state index contributed by atoms with van der Waals surface area (Å²) >= 11 is 0. The Morgan fingerprint density at radius 2 is 1.88 bits per heavy atom. The zero-order chi connectivity index (χ0) is 11.8. The van der Waals surface area contributed by atoms with Crippen LogP contribution in [0.5, 0.6) is 0 Å². The maximum Gasteiger partial charge on any atom is 0.409 e. The Kier molecular flexibility index (Phi) is 6.23. The highest BCUT2D eigenvalue weighted by Gasteiger charge is 2.16. The standard InChI is InChI=1S/C12H24N2O2/c1-11(2)13-7-10-16-12(15)14-8-5-3-4-6-9-14/h11,13H,3-10H2,1-2H3. The van der Waals surface area contributed by atoms with E-state index in [1.165, 1.54) is 12.8 Å². The fraction of sp³-hybridized carbons (Fsp3) is 0.917. The molecule has 1 N–H and O–H groups in total. The SMILES string of the molecule is CC(C)NCCOC(=O)N1CCCCCC1. The van der Waals surface area contributed by atoms with E-state index in [2.05, 4.69) is 19.2 Å². The summed E-state index contributed by atoms with van der Waals surface area (Å²) < 4.78 is 5.21. The molecule has 1 amide bonds. The molecule has 16 heavy (non-hydrogen) atoms. The predicted octanol–water partition coefficient (Wildman–Crippen LogP) is 2.00. The molecule has 0 aromatic rings. The van der Waals surface area contributed by atoms with Crippen LogP contribution in [0.15, 0.2) is 0 Å². The third-order valence-corrected chi connectivity index (χ3v) is 2.74. The molecule has 0 aromatic heterocycles. The fourth-order valence-corrected chi connectivity index (χ4v) is 1.83. The Hall–Kier alpha value is -0.770. The first-order chi connectivity index (χ1) is 7.70. The van der Waals surface area contributed by atoms with E-state index in [4.69, 9.17) is 4.74 Å². The Labute approximate surface area is 98.3 Å². The van der Waals surface area contributed by atoms with E-state index >= 15 is 0 Å². The van der Waals surface area contributed by atoms with E-state index < -0.39 is 0 Å². The minimum absolute atomic E-state index is 0.146. The first-order valence-electron chi connectivity index (χ1n) is 6.35. The van der Waals surface area contributed by atoms with Gasteiger partial charge < -0.3 is 15.0 Å². The van der Waals surface area contributed by atoms with Crippen molar-refractivity contribution in [2.75, 3.05) is 26.2 Å². The van der Waals surface area contributed by atoms with Crippen LogP contribution >= 0.6 is 0 Å². The zero-order valence-corrected chi connectivity index (χ0v) is 10.5. The van der Waals surface area contributed by atoms with Gasteiger partial charge in [0.25, 0.3) is 0 Å². The molecule has 0 bridgehead atoms. The summed E-state index contributed by atoms with van der Waals surface area (Å²) in [5, 5.41) is 3.22. The van der Waals surface area contributed by atoms with Crippen molar-refractivity contribution in [3.8, 4) is 0 Å². The number of nitrogens with one attached hydrogen (secondary N) is 1. The largest absolute Gasteiger partial charge is 0.448 e. The number of carbonyl (C=O) groups is 1. The monoisotopic (exact) mass is 228 g/mol. The molecule has 1 saturated heterocycles. The van der Waals surface area contributed by atoms with Crippen molar-refractivity contribution in [2.45, 2.75) is 45.6 Å². The van der Waals surface area contributed by atoms with Crippen LogP contribution in [0.4, 0.5) is 4.79 Å². The van der Waals surface area contributed by atoms with Gasteiger partial charge in [-0.3, -0.25) is 0 Å². The Morgan fingerprint density at radius 1 is 1.25 bits per heavy atom. The van der Waals surface area contributed by atoms with E-state index in [0.29, 0.717) is 12.6 Å². The van der Waals surface area contributed by atoms with E-state index in [-0.39, 0.29) is 6.09 Å². The molecule has 1 aliphatic heterocycles. The van der Waals surface area contributed by atoms with Gasteiger partial charge in [0.15, 0.2) is 0 Å². The van der Waals surface area contributed by atoms with Crippen LogP contribution in [0, 0.1) is 0 Å². The number of nitrogens with zero attached hydrogens (tertiary/aromatic N) is 1. The van der Waals surface area contributed by atoms with Crippen LogP contribution in [0.3, 0.4) is 0 Å². The third-order valence-electron chi connectivity index (χ3n) is 2.74. The summed E-state index contributed by atoms with van der Waals surface area (Å²) in [4.78, 5) is 13.5. The quantitative estimate of drug-likeness (QED) is 0.748. The summed E-state index contributed by atoms with van der Waals surface area (Å²) in [6, 6.07) is 0.442. The topological polar surface area (TPSA) is 41.6 Å². The summed E-state index contributed by atoms with van der Waals surface area (Å²) in [5.41, 5.74) is 0. The smallest absolute Gasteiger partial charge is 0.409 e. The number of hydrogen-bond donors (Lipinski definition) is 1. The van der Waals surface area contributed by atoms with Crippen LogP contribution < -0.4 is 5.32 Å². The molecule has 1 heterocycles. The molecule has 0 radical (unpaired) electrons. The maximum absolute atomic E-state index is 11.7. The van der Waals surface area contributed by atoms with Crippen LogP contribution in [-0.2, 0) is 4.74 Å². The number of hydrogen-bond acceptors (Lipinski definition) is 3. The normalized spacial score (nSPS) is 17.3. The molecule has 4 heteroatoms. The summed E-state index contributed by atoms with van der Waals surface area (Å²) in [5.74, 6) is 0. The molecule has 0 atom stereocenters. The van der Waals surface area contributed by atoms with Crippen molar-refractivity contribution < 1.29 is 9.53 Å². The first-order valence-corrected chi connectivity index (χ1v) is 6.35. The Bertz CT molecular complexity index is 199. The van der Waals surface area contributed by atoms with Crippen LogP contribution in [-0.4, -0.2) is 43.3 Å². The summed E-state index contributed by atoms with van der Waals surface area (Å²) in [6.45, 7) is 7.07. The minimum Gasteiger partial charge on any atom is -0.448 e. The molecule has 0 saturated carbocycles. The molecule has 0 unspecified atom stereocenters. The fourth-order valence-electron chi connectivity index (χ4n) is 1.83. The lowest BCUT2D eigenvalue weighted by atomic mass is 10.2. The minimum atomic E-state index is -0.146. The number of amides is 1. The summed E-state index contributed by atoms with van der Waals surface area (Å²) in [7, 11) is 0. The van der Waals surface area contributed by atoms with Crippen molar-refractivity contribution in [1.82, 2.24) is 10.2 Å². The van der Waals surface area contributed by atoms with Crippen molar-refractivity contribution in [2.24, 2.45) is 0 Å². The van der Waals surface area contributed by atoms with Crippen molar-refractivity contribution >= 4 is 6.09 Å². The number of carbonyl (C=O) groups excluding carboxylic acids is 1. The second-order valence-corrected chi connectivity index (χ2v) is 4.62. The van der Waals surface area contributed by atoms with Crippen LogP contribution in [0.25, 0.3) is 0 Å². The average molecular weight is 228 g/mol. The lowest BCUT2D eigenvalue weighted by Crippen LogP contribution is -2.35. The van der Waals surface area contributed by atoms with Gasteiger partial charge in [0.2, 0.25) is 0 Å². The highest BCUT2D eigenvalue weighted by atomic mass is 16.6. The van der Waals surface area contributed by atoms with Crippen molar-refractivity contribution in [1.29, 1.82) is 0 Å². The van der Waals surface area contributed by atoms with Crippen molar-refractivity contribution in [3.05, 3.63) is 0 Å². The van der Waals surface area contributed by atoms with Gasteiger partial charge in [-0.1, -0.05) is 26.7 Å². The van der Waals surface area contributed by atoms with Gasteiger partial charge in [-0.2, -0.15) is 0 Å². The Balaban J connectivity index is 2.13. The van der Waals surface area contributed by atoms with Crippen LogP contribution in [0.2, 0.25) is 0 Å². The molecule has 0 spiro atoms. The van der Waals surface area contributed by atoms with E-state index in [9.17, 15) is 4.79 Å². The zero-order valence-electron chi connectivity index (χ0n) is 10.5. The molecule has 4 nitrogen and oxygen atoms in total. The predicted molar refractivity (Wildman–Crippen MR) is 64.5 cm³/mol. The maximum atomic E-state index is 11.7. The molecule has 0 aliphatic carbocycles. The molecule has 1 fully saturated rings. The number of rotatable bonds is 4. The van der Waals surface area contributed by atoms with Gasteiger partial charge in [0.05, 0.1) is 0 Å². The molecular formula is C12H24N2O2. The van der Waals surface area contributed by atoms with E-state index in [0.717, 1.165) is 32.5 Å². The van der Waals surface area contributed by atoms with Crippen LogP contribution in [0.1, 0.15) is 39.5 Å². The summed E-state index contributed by atoms with van der Waals surface area (Å²) in [6.07, 6.45) is 4.54. The van der Waals surface area contributed by atoms with Gasteiger partial charge in [-0.15, -0.1) is 0 Å². The first kappa shape index (κ1) is 13.3. The average Bonchev–Trinajstić information content (AvgIpc) is 2.52. The van der Waals surface area contributed by atoms with Crippen molar-refractivity contribution in [3.63, 3.8) is 0 Å². The number of ether oxygens (including phenoxy) is 1. The van der Waals surface area contributed by atoms with Gasteiger partial charge in [0.1, 0.15) is 6.61 Å². The highest BCUT2D eigenvalue weighted by molar-refractivity contribution is 5.67. The molecule has 1 aliphatic rings. The molecular weight excluding hydrogens is 204 g/mol. The molecule has 1 rings (SSSR count).